The molecule has 1 aromatic carbocycles. The number of benzene rings is 1. The first-order chi connectivity index (χ1) is 10.1. The van der Waals surface area contributed by atoms with Crippen molar-refractivity contribution >= 4 is 5.91 Å². The summed E-state index contributed by atoms with van der Waals surface area (Å²) in [5.74, 6) is 0.279. The molecule has 0 spiro atoms. The van der Waals surface area contributed by atoms with Gasteiger partial charge >= 0.3 is 0 Å². The van der Waals surface area contributed by atoms with Crippen molar-refractivity contribution < 1.29 is 9.90 Å². The molecule has 3 N–H and O–H groups in total. The largest absolute Gasteiger partial charge is 0.394 e. The number of aliphatic hydroxyl groups is 1. The monoisotopic (exact) mass is 289 g/mol. The minimum Gasteiger partial charge on any atom is -0.394 e. The molecule has 0 aliphatic carbocycles. The summed E-state index contributed by atoms with van der Waals surface area (Å²) in [7, 11) is 0. The lowest BCUT2D eigenvalue weighted by molar-refractivity contribution is 0.0818. The van der Waals surface area contributed by atoms with Gasteiger partial charge in [-0.2, -0.15) is 5.21 Å². The second kappa shape index (κ2) is 6.45. The maximum Gasteiger partial charge on any atom is 0.251 e. The summed E-state index contributed by atoms with van der Waals surface area (Å²) in [5, 5.41) is 26.0. The van der Waals surface area contributed by atoms with Gasteiger partial charge in [-0.15, -0.1) is 10.2 Å². The molecule has 112 valence electrons. The highest BCUT2D eigenvalue weighted by Gasteiger charge is 2.27. The molecule has 0 aliphatic rings. The van der Waals surface area contributed by atoms with Gasteiger partial charge in [0.1, 0.15) is 0 Å². The smallest absolute Gasteiger partial charge is 0.251 e. The summed E-state index contributed by atoms with van der Waals surface area (Å²) in [5.41, 5.74) is 0.741. The average Bonchev–Trinajstić information content (AvgIpc) is 3.07. The molecule has 0 saturated heterocycles. The Hall–Kier alpha value is -2.28. The molecule has 0 fully saturated rings. The number of nitrogens with one attached hydrogen (secondary N) is 2. The van der Waals surface area contributed by atoms with Crippen molar-refractivity contribution in [3.8, 4) is 11.4 Å². The number of rotatable bonds is 6. The molecule has 0 unspecified atom stereocenters. The molecule has 1 heterocycles. The molecule has 1 aromatic heterocycles. The Labute approximate surface area is 122 Å². The first kappa shape index (κ1) is 15.1. The van der Waals surface area contributed by atoms with Gasteiger partial charge in [-0.3, -0.25) is 4.79 Å². The zero-order valence-corrected chi connectivity index (χ0v) is 12.1. The number of hydrogen-bond donors (Lipinski definition) is 3. The van der Waals surface area contributed by atoms with Gasteiger partial charge in [0.05, 0.1) is 12.1 Å². The second-order valence-corrected chi connectivity index (χ2v) is 4.91. The molecule has 7 heteroatoms. The topological polar surface area (TPSA) is 104 Å². The Morgan fingerprint density at radius 2 is 1.95 bits per heavy atom. The Bertz CT molecular complexity index is 568. The van der Waals surface area contributed by atoms with Crippen LogP contribution in [0.3, 0.4) is 0 Å². The fraction of sp³-hybridized carbons (Fsp3) is 0.429. The van der Waals surface area contributed by atoms with Crippen LogP contribution in [0, 0.1) is 0 Å². The second-order valence-electron chi connectivity index (χ2n) is 4.91. The Balaban J connectivity index is 2.13. The van der Waals surface area contributed by atoms with Crippen LogP contribution >= 0.6 is 0 Å². The van der Waals surface area contributed by atoms with Gasteiger partial charge in [-0.25, -0.2) is 0 Å². The van der Waals surface area contributed by atoms with Crippen LogP contribution in [0.25, 0.3) is 11.4 Å². The predicted molar refractivity (Wildman–Crippen MR) is 77.5 cm³/mol. The molecular weight excluding hydrogens is 270 g/mol. The van der Waals surface area contributed by atoms with Crippen LogP contribution < -0.4 is 5.32 Å². The van der Waals surface area contributed by atoms with E-state index in [0.717, 1.165) is 5.56 Å². The van der Waals surface area contributed by atoms with Crippen LogP contribution in [0.5, 0.6) is 0 Å². The number of aliphatic hydroxyl groups excluding tert-OH is 1. The summed E-state index contributed by atoms with van der Waals surface area (Å²) in [6.07, 6.45) is 1.35. The first-order valence-corrected chi connectivity index (χ1v) is 6.91. The Morgan fingerprint density at radius 1 is 1.29 bits per heavy atom. The van der Waals surface area contributed by atoms with Crippen molar-refractivity contribution in [2.24, 2.45) is 0 Å². The third-order valence-electron chi connectivity index (χ3n) is 3.79. The molecule has 1 amide bonds. The summed E-state index contributed by atoms with van der Waals surface area (Å²) in [6, 6.07) is 6.93. The number of tetrazole rings is 1. The number of carbonyl (C=O) groups excluding carboxylic acids is 1. The van der Waals surface area contributed by atoms with Crippen molar-refractivity contribution in [3.05, 3.63) is 29.8 Å². The van der Waals surface area contributed by atoms with E-state index in [1.54, 1.807) is 24.3 Å². The lowest BCUT2D eigenvalue weighted by atomic mass is 9.93. The van der Waals surface area contributed by atoms with E-state index in [-0.39, 0.29) is 12.5 Å². The molecule has 0 radical (unpaired) electrons. The van der Waals surface area contributed by atoms with Crippen molar-refractivity contribution in [2.45, 2.75) is 32.2 Å². The average molecular weight is 289 g/mol. The Kier molecular flexibility index (Phi) is 4.64. The maximum atomic E-state index is 12.3. The van der Waals surface area contributed by atoms with E-state index in [0.29, 0.717) is 24.2 Å². The lowest BCUT2D eigenvalue weighted by Gasteiger charge is -2.30. The highest BCUT2D eigenvalue weighted by Crippen LogP contribution is 2.17. The van der Waals surface area contributed by atoms with Gasteiger partial charge in [-0.05, 0) is 30.2 Å². The van der Waals surface area contributed by atoms with Crippen molar-refractivity contribution in [1.29, 1.82) is 0 Å². The number of H-pyrrole nitrogens is 1. The van der Waals surface area contributed by atoms with Crippen LogP contribution in [0.4, 0.5) is 0 Å². The molecule has 7 nitrogen and oxygen atoms in total. The van der Waals surface area contributed by atoms with Crippen LogP contribution in [-0.2, 0) is 0 Å². The molecule has 2 aromatic rings. The van der Waals surface area contributed by atoms with Gasteiger partial charge in [0, 0.05) is 11.1 Å². The lowest BCUT2D eigenvalue weighted by Crippen LogP contribution is -2.50. The summed E-state index contributed by atoms with van der Waals surface area (Å²) in [4.78, 5) is 12.3. The normalized spacial score (nSPS) is 11.4. The predicted octanol–water partition coefficient (Wildman–Crippen LogP) is 1.15. The van der Waals surface area contributed by atoms with Crippen LogP contribution in [0.2, 0.25) is 0 Å². The minimum absolute atomic E-state index is 0.0767. The zero-order valence-electron chi connectivity index (χ0n) is 12.1. The van der Waals surface area contributed by atoms with Gasteiger partial charge < -0.3 is 10.4 Å². The minimum atomic E-state index is -0.566. The highest BCUT2D eigenvalue weighted by molar-refractivity contribution is 5.95. The SMILES string of the molecule is CCC(CC)(CO)NC(=O)c1ccc(-c2nn[nH]n2)cc1. The van der Waals surface area contributed by atoms with Crippen LogP contribution in [0.1, 0.15) is 37.0 Å². The summed E-state index contributed by atoms with van der Waals surface area (Å²) in [6.45, 7) is 3.81. The van der Waals surface area contributed by atoms with E-state index in [9.17, 15) is 9.90 Å². The number of aromatic amines is 1. The molecule has 0 bridgehead atoms. The molecule has 21 heavy (non-hydrogen) atoms. The number of nitrogens with zero attached hydrogens (tertiary/aromatic N) is 3. The van der Waals surface area contributed by atoms with Crippen molar-refractivity contribution in [1.82, 2.24) is 25.9 Å². The third-order valence-corrected chi connectivity index (χ3v) is 3.79. The number of aromatic nitrogens is 4. The maximum absolute atomic E-state index is 12.3. The zero-order chi connectivity index (χ0) is 15.3. The van der Waals surface area contributed by atoms with E-state index < -0.39 is 5.54 Å². The quantitative estimate of drug-likeness (QED) is 0.740. The summed E-state index contributed by atoms with van der Waals surface area (Å²) >= 11 is 0. The van der Waals surface area contributed by atoms with E-state index in [4.69, 9.17) is 0 Å². The van der Waals surface area contributed by atoms with Gasteiger partial charge in [0.2, 0.25) is 5.82 Å². The number of hydrogen-bond acceptors (Lipinski definition) is 5. The van der Waals surface area contributed by atoms with Gasteiger partial charge in [0.15, 0.2) is 0 Å². The van der Waals surface area contributed by atoms with Crippen molar-refractivity contribution in [3.63, 3.8) is 0 Å². The van der Waals surface area contributed by atoms with E-state index in [1.165, 1.54) is 0 Å². The third kappa shape index (κ3) is 3.25. The number of carbonyl (C=O) groups is 1. The molecule has 0 atom stereocenters. The van der Waals surface area contributed by atoms with E-state index in [1.807, 2.05) is 13.8 Å². The summed E-state index contributed by atoms with van der Waals surface area (Å²) < 4.78 is 0. The van der Waals surface area contributed by atoms with E-state index >= 15 is 0 Å². The number of amides is 1. The molecule has 2 rings (SSSR count). The van der Waals surface area contributed by atoms with E-state index in [2.05, 4.69) is 25.9 Å². The highest BCUT2D eigenvalue weighted by atomic mass is 16.3. The standard InChI is InChI=1S/C14H19N5O2/c1-3-14(4-2,9-20)15-13(21)11-7-5-10(6-8-11)12-16-18-19-17-12/h5-8,20H,3-4,9H2,1-2H3,(H,15,21)(H,16,17,18,19). The molecular formula is C14H19N5O2. The molecule has 0 aliphatic heterocycles. The van der Waals surface area contributed by atoms with Crippen LogP contribution in [-0.4, -0.2) is 43.8 Å². The Morgan fingerprint density at radius 3 is 2.43 bits per heavy atom. The van der Waals surface area contributed by atoms with Gasteiger partial charge in [-0.1, -0.05) is 26.0 Å². The fourth-order valence-corrected chi connectivity index (χ4v) is 2.06. The van der Waals surface area contributed by atoms with Crippen LogP contribution in [0.15, 0.2) is 24.3 Å². The first-order valence-electron chi connectivity index (χ1n) is 6.91. The molecule has 0 saturated carbocycles. The van der Waals surface area contributed by atoms with Crippen molar-refractivity contribution in [2.75, 3.05) is 6.61 Å². The fourth-order valence-electron chi connectivity index (χ4n) is 2.06. The van der Waals surface area contributed by atoms with Gasteiger partial charge in [0.25, 0.3) is 5.91 Å².